The van der Waals surface area contributed by atoms with E-state index in [2.05, 4.69) is 18.2 Å². The second-order valence-corrected chi connectivity index (χ2v) is 3.10. The first-order chi connectivity index (χ1) is 4.83. The molecule has 0 aromatic heterocycles. The van der Waals surface area contributed by atoms with Crippen LogP contribution in [0.15, 0.2) is 0 Å². The van der Waals surface area contributed by atoms with Gasteiger partial charge in [-0.3, -0.25) is 0 Å². The molecule has 0 radical (unpaired) electrons. The van der Waals surface area contributed by atoms with Crippen LogP contribution in [0.4, 0.5) is 0 Å². The molecule has 1 aliphatic carbocycles. The molecule has 1 saturated carbocycles. The van der Waals surface area contributed by atoms with Gasteiger partial charge in [0.15, 0.2) is 0 Å². The van der Waals surface area contributed by atoms with Crippen molar-refractivity contribution in [3.63, 3.8) is 0 Å². The van der Waals surface area contributed by atoms with E-state index in [0.29, 0.717) is 6.04 Å². The van der Waals surface area contributed by atoms with E-state index in [1.165, 1.54) is 19.3 Å². The summed E-state index contributed by atoms with van der Waals surface area (Å²) in [5.41, 5.74) is 0. The van der Waals surface area contributed by atoms with Crippen LogP contribution in [0.2, 0.25) is 0 Å². The summed E-state index contributed by atoms with van der Waals surface area (Å²) in [6, 6.07) is 1.28. The highest BCUT2D eigenvalue weighted by atomic mass is 15.0. The Kier molecular flexibility index (Phi) is 2.77. The zero-order chi connectivity index (χ0) is 7.40. The molecule has 1 heteroatoms. The first-order valence-corrected chi connectivity index (χ1v) is 4.02. The molecule has 1 unspecified atom stereocenters. The van der Waals surface area contributed by atoms with Crippen molar-refractivity contribution < 1.29 is 0 Å². The topological polar surface area (TPSA) is 12.0 Å². The molecular formula is C9H15N. The highest BCUT2D eigenvalue weighted by molar-refractivity contribution is 4.90. The van der Waals surface area contributed by atoms with E-state index < -0.39 is 0 Å². The van der Waals surface area contributed by atoms with Gasteiger partial charge in [0.05, 0.1) is 0 Å². The van der Waals surface area contributed by atoms with Crippen LogP contribution in [0.3, 0.4) is 0 Å². The second-order valence-electron chi connectivity index (χ2n) is 3.10. The van der Waals surface area contributed by atoms with Crippen molar-refractivity contribution >= 4 is 0 Å². The molecule has 0 amide bonds. The first kappa shape index (κ1) is 7.63. The average molecular weight is 137 g/mol. The van der Waals surface area contributed by atoms with Crippen molar-refractivity contribution in [2.75, 3.05) is 0 Å². The van der Waals surface area contributed by atoms with Crippen molar-refractivity contribution in [3.05, 3.63) is 0 Å². The summed E-state index contributed by atoms with van der Waals surface area (Å²) in [5.74, 6) is 2.66. The molecule has 0 bridgehead atoms. The van der Waals surface area contributed by atoms with Crippen LogP contribution in [0, 0.1) is 12.3 Å². The Bertz CT molecular complexity index is 130. The Morgan fingerprint density at radius 1 is 1.70 bits per heavy atom. The van der Waals surface area contributed by atoms with Crippen LogP contribution in [0.1, 0.15) is 32.6 Å². The zero-order valence-electron chi connectivity index (χ0n) is 6.56. The molecular weight excluding hydrogens is 122 g/mol. The summed E-state index contributed by atoms with van der Waals surface area (Å²) in [6.07, 6.45) is 10.1. The van der Waals surface area contributed by atoms with Crippen molar-refractivity contribution in [1.82, 2.24) is 5.32 Å². The van der Waals surface area contributed by atoms with Crippen molar-refractivity contribution in [3.8, 4) is 12.3 Å². The molecule has 0 aromatic rings. The average Bonchev–Trinajstić information content (AvgIpc) is 1.80. The number of terminal acetylenes is 1. The van der Waals surface area contributed by atoms with E-state index in [0.717, 1.165) is 12.5 Å². The van der Waals surface area contributed by atoms with Gasteiger partial charge in [-0.15, -0.1) is 12.3 Å². The summed E-state index contributed by atoms with van der Waals surface area (Å²) in [5, 5.41) is 3.47. The lowest BCUT2D eigenvalue weighted by molar-refractivity contribution is 0.312. The van der Waals surface area contributed by atoms with Gasteiger partial charge in [-0.25, -0.2) is 0 Å². The van der Waals surface area contributed by atoms with E-state index in [9.17, 15) is 0 Å². The number of rotatable bonds is 3. The number of hydrogen-bond acceptors (Lipinski definition) is 1. The Balaban J connectivity index is 2.06. The molecule has 10 heavy (non-hydrogen) atoms. The van der Waals surface area contributed by atoms with Crippen LogP contribution in [0.25, 0.3) is 0 Å². The van der Waals surface area contributed by atoms with Gasteiger partial charge in [0.2, 0.25) is 0 Å². The molecule has 0 spiro atoms. The summed E-state index contributed by atoms with van der Waals surface area (Å²) < 4.78 is 0. The molecule has 0 aliphatic heterocycles. The molecule has 56 valence electrons. The minimum atomic E-state index is 0.510. The van der Waals surface area contributed by atoms with E-state index in [1.807, 2.05) is 0 Å². The van der Waals surface area contributed by atoms with Crippen LogP contribution >= 0.6 is 0 Å². The molecule has 0 heterocycles. The molecule has 0 saturated heterocycles. The van der Waals surface area contributed by atoms with Gasteiger partial charge in [0, 0.05) is 18.5 Å². The first-order valence-electron chi connectivity index (χ1n) is 4.02. The van der Waals surface area contributed by atoms with Gasteiger partial charge in [0.25, 0.3) is 0 Å². The minimum absolute atomic E-state index is 0.510. The summed E-state index contributed by atoms with van der Waals surface area (Å²) in [4.78, 5) is 0. The second kappa shape index (κ2) is 3.63. The molecule has 1 fully saturated rings. The van der Waals surface area contributed by atoms with Gasteiger partial charge in [0.1, 0.15) is 0 Å². The van der Waals surface area contributed by atoms with E-state index in [4.69, 9.17) is 6.42 Å². The summed E-state index contributed by atoms with van der Waals surface area (Å²) in [6.45, 7) is 2.15. The zero-order valence-corrected chi connectivity index (χ0v) is 6.56. The Morgan fingerprint density at radius 3 is 2.80 bits per heavy atom. The van der Waals surface area contributed by atoms with Crippen molar-refractivity contribution in [1.29, 1.82) is 0 Å². The molecule has 1 atom stereocenters. The lowest BCUT2D eigenvalue weighted by atomic mass is 9.92. The predicted molar refractivity (Wildman–Crippen MR) is 43.7 cm³/mol. The minimum Gasteiger partial charge on any atom is -0.311 e. The van der Waals surface area contributed by atoms with Gasteiger partial charge < -0.3 is 5.32 Å². The monoisotopic (exact) mass is 137 g/mol. The number of nitrogens with one attached hydrogen (secondary N) is 1. The van der Waals surface area contributed by atoms with Crippen molar-refractivity contribution in [2.45, 2.75) is 44.7 Å². The molecule has 1 rings (SSSR count). The van der Waals surface area contributed by atoms with E-state index in [1.54, 1.807) is 0 Å². The highest BCUT2D eigenvalue weighted by Gasteiger charge is 2.17. The highest BCUT2D eigenvalue weighted by Crippen LogP contribution is 2.18. The SMILES string of the molecule is C#CCC(C)NC1CCC1. The van der Waals surface area contributed by atoms with Gasteiger partial charge >= 0.3 is 0 Å². The number of hydrogen-bond donors (Lipinski definition) is 1. The fourth-order valence-electron chi connectivity index (χ4n) is 1.21. The third-order valence-electron chi connectivity index (χ3n) is 2.05. The molecule has 1 N–H and O–H groups in total. The quantitative estimate of drug-likeness (QED) is 0.582. The third-order valence-corrected chi connectivity index (χ3v) is 2.05. The fraction of sp³-hybridized carbons (Fsp3) is 0.778. The van der Waals surface area contributed by atoms with Gasteiger partial charge in [-0.2, -0.15) is 0 Å². The Labute approximate surface area is 63.2 Å². The van der Waals surface area contributed by atoms with Crippen LogP contribution < -0.4 is 5.32 Å². The Hall–Kier alpha value is -0.480. The molecule has 0 aromatic carbocycles. The van der Waals surface area contributed by atoms with Gasteiger partial charge in [-0.1, -0.05) is 6.42 Å². The maximum atomic E-state index is 5.17. The summed E-state index contributed by atoms with van der Waals surface area (Å²) >= 11 is 0. The standard InChI is InChI=1S/C9H15N/c1-3-5-8(2)10-9-6-4-7-9/h1,8-10H,4-7H2,2H3. The normalized spacial score (nSPS) is 21.2. The van der Waals surface area contributed by atoms with E-state index in [-0.39, 0.29) is 0 Å². The summed E-state index contributed by atoms with van der Waals surface area (Å²) in [7, 11) is 0. The van der Waals surface area contributed by atoms with Crippen LogP contribution in [0.5, 0.6) is 0 Å². The molecule has 1 aliphatic rings. The smallest absolute Gasteiger partial charge is 0.0238 e. The van der Waals surface area contributed by atoms with Crippen molar-refractivity contribution in [2.24, 2.45) is 0 Å². The maximum absolute atomic E-state index is 5.17. The maximum Gasteiger partial charge on any atom is 0.0238 e. The predicted octanol–water partition coefficient (Wildman–Crippen LogP) is 1.54. The fourth-order valence-corrected chi connectivity index (χ4v) is 1.21. The van der Waals surface area contributed by atoms with Gasteiger partial charge in [-0.05, 0) is 19.8 Å². The third kappa shape index (κ3) is 2.04. The lowest BCUT2D eigenvalue weighted by Crippen LogP contribution is -2.40. The van der Waals surface area contributed by atoms with Crippen LogP contribution in [-0.2, 0) is 0 Å². The lowest BCUT2D eigenvalue weighted by Gasteiger charge is -2.29. The Morgan fingerprint density at radius 2 is 2.40 bits per heavy atom. The largest absolute Gasteiger partial charge is 0.311 e. The molecule has 1 nitrogen and oxygen atoms in total. The van der Waals surface area contributed by atoms with Crippen LogP contribution in [-0.4, -0.2) is 12.1 Å². The van der Waals surface area contributed by atoms with E-state index >= 15 is 0 Å².